The maximum Gasteiger partial charge on any atom is 0.337 e. The van der Waals surface area contributed by atoms with Crippen molar-refractivity contribution in [3.8, 4) is 11.1 Å². The van der Waals surface area contributed by atoms with Crippen molar-refractivity contribution in [2.24, 2.45) is 0 Å². The molecule has 0 aliphatic carbocycles. The minimum Gasteiger partial charge on any atom is -0.478 e. The van der Waals surface area contributed by atoms with E-state index in [0.29, 0.717) is 11.4 Å². The molecule has 2 N–H and O–H groups in total. The molecular formula is C24H22ClNO3. The summed E-state index contributed by atoms with van der Waals surface area (Å²) < 4.78 is 0. The number of aryl methyl sites for hydroxylation is 2. The Hall–Kier alpha value is -3.11. The Morgan fingerprint density at radius 3 is 2.38 bits per heavy atom. The highest BCUT2D eigenvalue weighted by Crippen LogP contribution is 2.23. The molecule has 0 aliphatic rings. The van der Waals surface area contributed by atoms with Gasteiger partial charge in [0.25, 0.3) is 0 Å². The minimum atomic E-state index is -1.11. The molecule has 4 nitrogen and oxygen atoms in total. The molecule has 5 heteroatoms. The first-order valence-electron chi connectivity index (χ1n) is 9.47. The second-order valence-electron chi connectivity index (χ2n) is 6.79. The highest BCUT2D eigenvalue weighted by Gasteiger charge is 2.13. The molecule has 0 aromatic heterocycles. The number of hydrogen-bond donors (Lipinski definition) is 2. The fourth-order valence-electron chi connectivity index (χ4n) is 3.12. The van der Waals surface area contributed by atoms with Crippen molar-refractivity contribution in [2.45, 2.75) is 26.2 Å². The molecule has 3 rings (SSSR count). The van der Waals surface area contributed by atoms with Gasteiger partial charge in [0.1, 0.15) is 0 Å². The van der Waals surface area contributed by atoms with Gasteiger partial charge in [0.05, 0.1) is 11.3 Å². The summed E-state index contributed by atoms with van der Waals surface area (Å²) in [5.41, 5.74) is 4.80. The number of amides is 1. The summed E-state index contributed by atoms with van der Waals surface area (Å²) in [4.78, 5) is 23.7. The van der Waals surface area contributed by atoms with Gasteiger partial charge in [-0.1, -0.05) is 67.1 Å². The van der Waals surface area contributed by atoms with E-state index < -0.39 is 5.97 Å². The summed E-state index contributed by atoms with van der Waals surface area (Å²) >= 11 is 5.93. The largest absolute Gasteiger partial charge is 0.478 e. The first-order chi connectivity index (χ1) is 14.0. The lowest BCUT2D eigenvalue weighted by atomic mass is 9.99. The highest BCUT2D eigenvalue weighted by molar-refractivity contribution is 6.31. The van der Waals surface area contributed by atoms with Crippen molar-refractivity contribution in [2.75, 3.05) is 5.32 Å². The van der Waals surface area contributed by atoms with Crippen LogP contribution >= 0.6 is 11.6 Å². The third-order valence-corrected chi connectivity index (χ3v) is 4.98. The van der Waals surface area contributed by atoms with Crippen LogP contribution in [-0.2, 0) is 17.6 Å². The maximum absolute atomic E-state index is 12.4. The first-order valence-corrected chi connectivity index (χ1v) is 9.85. The molecule has 0 bridgehead atoms. The molecule has 0 atom stereocenters. The van der Waals surface area contributed by atoms with Gasteiger partial charge in [-0.2, -0.15) is 0 Å². The van der Waals surface area contributed by atoms with E-state index in [1.807, 2.05) is 12.1 Å². The molecule has 29 heavy (non-hydrogen) atoms. The monoisotopic (exact) mass is 407 g/mol. The third-order valence-electron chi connectivity index (χ3n) is 4.75. The number of carbonyl (C=O) groups excluding carboxylic acids is 1. The van der Waals surface area contributed by atoms with Crippen molar-refractivity contribution < 1.29 is 14.7 Å². The number of carboxylic acids is 1. The van der Waals surface area contributed by atoms with Gasteiger partial charge in [-0.3, -0.25) is 4.79 Å². The summed E-state index contributed by atoms with van der Waals surface area (Å²) in [6.07, 6.45) is 1.80. The number of carbonyl (C=O) groups is 2. The number of hydrogen-bond acceptors (Lipinski definition) is 2. The molecular weight excluding hydrogens is 386 g/mol. The average Bonchev–Trinajstić information content (AvgIpc) is 2.72. The van der Waals surface area contributed by atoms with Gasteiger partial charge in [0.2, 0.25) is 5.91 Å². The molecule has 3 aromatic rings. The van der Waals surface area contributed by atoms with Crippen LogP contribution in [0.15, 0.2) is 66.7 Å². The maximum atomic E-state index is 12.4. The fraction of sp³-hybridized carbons (Fsp3) is 0.167. The molecule has 148 valence electrons. The third kappa shape index (κ3) is 5.46. The van der Waals surface area contributed by atoms with Crippen molar-refractivity contribution in [1.82, 2.24) is 0 Å². The van der Waals surface area contributed by atoms with Crippen LogP contribution in [0.4, 0.5) is 5.69 Å². The van der Waals surface area contributed by atoms with Crippen LogP contribution in [0.3, 0.4) is 0 Å². The number of anilines is 1. The molecule has 0 saturated heterocycles. The summed E-state index contributed by atoms with van der Waals surface area (Å²) in [5, 5.41) is 12.3. The van der Waals surface area contributed by atoms with E-state index in [-0.39, 0.29) is 23.6 Å². The van der Waals surface area contributed by atoms with Gasteiger partial charge in [-0.05, 0) is 53.3 Å². The number of aromatic carboxylic acids is 1. The van der Waals surface area contributed by atoms with E-state index in [0.717, 1.165) is 23.1 Å². The number of nitrogens with one attached hydrogen (secondary N) is 1. The summed E-state index contributed by atoms with van der Waals surface area (Å²) in [5.74, 6) is -1.37. The van der Waals surface area contributed by atoms with E-state index in [9.17, 15) is 14.7 Å². The molecule has 0 radical (unpaired) electrons. The molecule has 0 aliphatic heterocycles. The van der Waals surface area contributed by atoms with Crippen molar-refractivity contribution in [3.63, 3.8) is 0 Å². The number of benzene rings is 3. The molecule has 1 amide bonds. The summed E-state index contributed by atoms with van der Waals surface area (Å²) in [6, 6.07) is 20.9. The first kappa shape index (κ1) is 20.6. The van der Waals surface area contributed by atoms with Crippen molar-refractivity contribution in [1.29, 1.82) is 0 Å². The van der Waals surface area contributed by atoms with Gasteiger partial charge < -0.3 is 10.4 Å². The topological polar surface area (TPSA) is 66.4 Å². The van der Waals surface area contributed by atoms with Gasteiger partial charge in [-0.15, -0.1) is 0 Å². The summed E-state index contributed by atoms with van der Waals surface area (Å²) in [7, 11) is 0. The zero-order valence-electron chi connectivity index (χ0n) is 16.1. The van der Waals surface area contributed by atoms with Crippen LogP contribution in [-0.4, -0.2) is 17.0 Å². The zero-order valence-corrected chi connectivity index (χ0v) is 16.9. The molecule has 0 heterocycles. The Kier molecular flexibility index (Phi) is 6.68. The van der Waals surface area contributed by atoms with Gasteiger partial charge in [0.15, 0.2) is 0 Å². The van der Waals surface area contributed by atoms with Crippen LogP contribution in [0, 0.1) is 0 Å². The van der Waals surface area contributed by atoms with Gasteiger partial charge in [0, 0.05) is 11.4 Å². The lowest BCUT2D eigenvalue weighted by Crippen LogP contribution is -2.15. The van der Waals surface area contributed by atoms with Gasteiger partial charge >= 0.3 is 5.97 Å². The second-order valence-corrected chi connectivity index (χ2v) is 7.23. The van der Waals surface area contributed by atoms with Gasteiger partial charge in [-0.25, -0.2) is 4.79 Å². The normalized spacial score (nSPS) is 10.6. The van der Waals surface area contributed by atoms with E-state index in [1.54, 1.807) is 0 Å². The van der Waals surface area contributed by atoms with Crippen molar-refractivity contribution in [3.05, 3.63) is 88.4 Å². The number of rotatable bonds is 7. The van der Waals surface area contributed by atoms with Crippen LogP contribution in [0.1, 0.15) is 34.8 Å². The van der Waals surface area contributed by atoms with E-state index >= 15 is 0 Å². The van der Waals surface area contributed by atoms with Crippen molar-refractivity contribution >= 4 is 29.2 Å². The fourth-order valence-corrected chi connectivity index (χ4v) is 3.29. The Morgan fingerprint density at radius 1 is 0.931 bits per heavy atom. The predicted molar refractivity (Wildman–Crippen MR) is 117 cm³/mol. The Bertz CT molecular complexity index is 1030. The molecule has 0 spiro atoms. The lowest BCUT2D eigenvalue weighted by Gasteiger charge is -2.10. The smallest absolute Gasteiger partial charge is 0.337 e. The number of halogens is 1. The quantitative estimate of drug-likeness (QED) is 0.517. The number of carboxylic acid groups (broad SMARTS) is 1. The Labute approximate surface area is 175 Å². The summed E-state index contributed by atoms with van der Waals surface area (Å²) in [6.45, 7) is 2.13. The van der Waals surface area contributed by atoms with E-state index in [4.69, 9.17) is 11.6 Å². The lowest BCUT2D eigenvalue weighted by molar-refractivity contribution is -0.116. The van der Waals surface area contributed by atoms with Crippen LogP contribution < -0.4 is 5.32 Å². The standard InChI is InChI=1S/C24H22ClNO3/c1-2-16-6-9-18(10-7-16)19-5-3-4-17(14-19)8-13-23(27)26-22-15-20(25)11-12-21(22)24(28)29/h3-7,9-12,14-15H,2,8,13H2,1H3,(H,26,27)(H,28,29). The Balaban J connectivity index is 1.66. The van der Waals surface area contributed by atoms with Crippen LogP contribution in [0.2, 0.25) is 5.02 Å². The van der Waals surface area contributed by atoms with Crippen LogP contribution in [0.5, 0.6) is 0 Å². The van der Waals surface area contributed by atoms with E-state index in [2.05, 4.69) is 48.6 Å². The Morgan fingerprint density at radius 2 is 1.69 bits per heavy atom. The van der Waals surface area contributed by atoms with E-state index in [1.165, 1.54) is 23.8 Å². The molecule has 3 aromatic carbocycles. The zero-order chi connectivity index (χ0) is 20.8. The molecule has 0 fully saturated rings. The molecule has 0 unspecified atom stereocenters. The predicted octanol–water partition coefficient (Wildman–Crippen LogP) is 5.84. The highest BCUT2D eigenvalue weighted by atomic mass is 35.5. The molecule has 0 saturated carbocycles. The SMILES string of the molecule is CCc1ccc(-c2cccc(CCC(=O)Nc3cc(Cl)ccc3C(=O)O)c2)cc1. The minimum absolute atomic E-state index is 0.0141. The second kappa shape index (κ2) is 9.39. The van der Waals surface area contributed by atoms with Crippen LogP contribution in [0.25, 0.3) is 11.1 Å². The average molecular weight is 408 g/mol.